The van der Waals surface area contributed by atoms with Gasteiger partial charge < -0.3 is 15.5 Å². The molecule has 0 fully saturated rings. The number of rotatable bonds is 5. The average Bonchev–Trinajstić information content (AvgIpc) is 2.00. The molecular formula is C9H20BNO2. The first-order chi connectivity index (χ1) is 5.89. The number of hydrogen-bond donors (Lipinski definition) is 3. The Kier molecular flexibility index (Phi) is 5.29. The van der Waals surface area contributed by atoms with E-state index in [0.717, 1.165) is 0 Å². The number of nitrogens with one attached hydrogen (secondary N) is 1. The Bertz CT molecular complexity index is 169. The zero-order chi connectivity index (χ0) is 10.5. The van der Waals surface area contributed by atoms with Crippen molar-refractivity contribution in [1.82, 2.24) is 5.32 Å². The van der Waals surface area contributed by atoms with Gasteiger partial charge in [-0.05, 0) is 13.8 Å². The largest absolute Gasteiger partial charge is 0.391 e. The zero-order valence-corrected chi connectivity index (χ0v) is 8.91. The average molecular weight is 185 g/mol. The highest BCUT2D eigenvalue weighted by Gasteiger charge is 2.16. The number of aliphatic hydroxyl groups excluding tert-OH is 2. The monoisotopic (exact) mass is 185 g/mol. The number of hydrogen-bond acceptors (Lipinski definition) is 3. The van der Waals surface area contributed by atoms with Crippen molar-refractivity contribution < 1.29 is 10.2 Å². The topological polar surface area (TPSA) is 52.5 Å². The molecule has 0 aliphatic heterocycles. The molecule has 3 unspecified atom stereocenters. The van der Waals surface area contributed by atoms with E-state index in [2.05, 4.69) is 5.32 Å². The molecule has 0 aromatic rings. The van der Waals surface area contributed by atoms with Crippen molar-refractivity contribution >= 4 is 7.85 Å². The predicted molar refractivity (Wildman–Crippen MR) is 57.5 cm³/mol. The second-order valence-electron chi connectivity index (χ2n) is 3.91. The predicted octanol–water partition coefficient (Wildman–Crippen LogP) is -0.757. The standard InChI is InChI=1S/C9H20BNO2/c1-4-5-9(3,10)11-6-8(13)7(2)12/h4-5,7-8,11-13H,6,10H2,1-3H3. The van der Waals surface area contributed by atoms with Gasteiger partial charge in [0, 0.05) is 12.0 Å². The minimum atomic E-state index is -0.704. The molecule has 0 aliphatic rings. The van der Waals surface area contributed by atoms with Crippen molar-refractivity contribution in [2.75, 3.05) is 6.54 Å². The fraction of sp³-hybridized carbons (Fsp3) is 0.778. The molecule has 0 spiro atoms. The number of allylic oxidation sites excluding steroid dienone is 1. The molecule has 0 heterocycles. The summed E-state index contributed by atoms with van der Waals surface area (Å²) >= 11 is 0. The Labute approximate surface area is 81.3 Å². The van der Waals surface area contributed by atoms with Gasteiger partial charge in [0.2, 0.25) is 0 Å². The van der Waals surface area contributed by atoms with Crippen LogP contribution in [0, 0.1) is 0 Å². The Morgan fingerprint density at radius 1 is 1.54 bits per heavy atom. The second-order valence-corrected chi connectivity index (χ2v) is 3.91. The third-order valence-electron chi connectivity index (χ3n) is 1.91. The van der Waals surface area contributed by atoms with Gasteiger partial charge in [0.25, 0.3) is 0 Å². The summed E-state index contributed by atoms with van der Waals surface area (Å²) in [4.78, 5) is 0. The first-order valence-electron chi connectivity index (χ1n) is 4.64. The Hall–Kier alpha value is -0.315. The lowest BCUT2D eigenvalue weighted by molar-refractivity contribution is 0.0306. The van der Waals surface area contributed by atoms with E-state index in [1.54, 1.807) is 6.92 Å². The van der Waals surface area contributed by atoms with Gasteiger partial charge in [-0.2, -0.15) is 0 Å². The van der Waals surface area contributed by atoms with Crippen molar-refractivity contribution in [2.45, 2.75) is 38.4 Å². The van der Waals surface area contributed by atoms with Crippen LogP contribution in [0.4, 0.5) is 0 Å². The maximum Gasteiger partial charge on any atom is 0.132 e. The first kappa shape index (κ1) is 12.7. The molecule has 3 atom stereocenters. The fourth-order valence-corrected chi connectivity index (χ4v) is 1.01. The van der Waals surface area contributed by atoms with E-state index >= 15 is 0 Å². The van der Waals surface area contributed by atoms with E-state index in [4.69, 9.17) is 5.11 Å². The summed E-state index contributed by atoms with van der Waals surface area (Å²) in [5.41, 5.74) is -0.134. The number of aliphatic hydroxyl groups is 2. The van der Waals surface area contributed by atoms with Gasteiger partial charge in [-0.1, -0.05) is 19.1 Å². The molecule has 3 nitrogen and oxygen atoms in total. The van der Waals surface area contributed by atoms with Crippen molar-refractivity contribution in [3.8, 4) is 0 Å². The molecule has 0 bridgehead atoms. The van der Waals surface area contributed by atoms with Gasteiger partial charge in [-0.25, -0.2) is 0 Å². The van der Waals surface area contributed by atoms with E-state index < -0.39 is 12.2 Å². The second kappa shape index (κ2) is 5.42. The van der Waals surface area contributed by atoms with Crippen LogP contribution in [0.1, 0.15) is 20.8 Å². The van der Waals surface area contributed by atoms with Gasteiger partial charge in [0.05, 0.1) is 12.2 Å². The molecule has 0 saturated heterocycles. The summed E-state index contributed by atoms with van der Waals surface area (Å²) < 4.78 is 0. The molecule has 0 radical (unpaired) electrons. The highest BCUT2D eigenvalue weighted by molar-refractivity contribution is 6.16. The van der Waals surface area contributed by atoms with Crippen LogP contribution in [0.15, 0.2) is 12.2 Å². The minimum Gasteiger partial charge on any atom is -0.391 e. The van der Waals surface area contributed by atoms with E-state index in [1.165, 1.54) is 0 Å². The molecule has 0 aromatic heterocycles. The third-order valence-corrected chi connectivity index (χ3v) is 1.91. The normalized spacial score (nSPS) is 21.3. The van der Waals surface area contributed by atoms with Crippen LogP contribution >= 0.6 is 0 Å². The van der Waals surface area contributed by atoms with Gasteiger partial charge in [-0.15, -0.1) is 0 Å². The summed E-state index contributed by atoms with van der Waals surface area (Å²) in [6.07, 6.45) is 2.59. The fourth-order valence-electron chi connectivity index (χ4n) is 1.01. The SMILES string of the molecule is BC(C)(C=CC)NCC(O)C(C)O. The van der Waals surface area contributed by atoms with Gasteiger partial charge in [0.15, 0.2) is 0 Å². The van der Waals surface area contributed by atoms with Gasteiger partial charge in [-0.3, -0.25) is 0 Å². The molecule has 0 rings (SSSR count). The molecule has 0 saturated carbocycles. The lowest BCUT2D eigenvalue weighted by Crippen LogP contribution is -2.47. The Morgan fingerprint density at radius 2 is 2.08 bits per heavy atom. The van der Waals surface area contributed by atoms with Crippen molar-refractivity contribution in [1.29, 1.82) is 0 Å². The summed E-state index contributed by atoms with van der Waals surface area (Å²) in [5.74, 6) is 0. The van der Waals surface area contributed by atoms with E-state index in [1.807, 2.05) is 33.8 Å². The molecule has 0 aliphatic carbocycles. The van der Waals surface area contributed by atoms with Gasteiger partial charge in [0.1, 0.15) is 7.85 Å². The Morgan fingerprint density at radius 3 is 2.46 bits per heavy atom. The first-order valence-corrected chi connectivity index (χ1v) is 4.64. The summed E-state index contributed by atoms with van der Waals surface area (Å²) in [7, 11) is 2.02. The van der Waals surface area contributed by atoms with E-state index in [-0.39, 0.29) is 5.44 Å². The van der Waals surface area contributed by atoms with Crippen LogP contribution in [0.5, 0.6) is 0 Å². The van der Waals surface area contributed by atoms with Crippen LogP contribution in [-0.2, 0) is 0 Å². The third kappa shape index (κ3) is 5.85. The smallest absolute Gasteiger partial charge is 0.132 e. The van der Waals surface area contributed by atoms with E-state index in [0.29, 0.717) is 6.54 Å². The Balaban J connectivity index is 3.87. The van der Waals surface area contributed by atoms with Crippen LogP contribution in [-0.4, -0.2) is 42.3 Å². The lowest BCUT2D eigenvalue weighted by atomic mass is 9.79. The zero-order valence-electron chi connectivity index (χ0n) is 8.91. The lowest BCUT2D eigenvalue weighted by Gasteiger charge is -2.25. The molecule has 3 N–H and O–H groups in total. The van der Waals surface area contributed by atoms with Crippen LogP contribution in [0.3, 0.4) is 0 Å². The summed E-state index contributed by atoms with van der Waals surface area (Å²) in [6, 6.07) is 0. The molecule has 76 valence electrons. The molecule has 13 heavy (non-hydrogen) atoms. The van der Waals surface area contributed by atoms with Crippen LogP contribution < -0.4 is 5.32 Å². The summed E-state index contributed by atoms with van der Waals surface area (Å²) in [5, 5.41) is 21.5. The van der Waals surface area contributed by atoms with Crippen molar-refractivity contribution in [3.05, 3.63) is 12.2 Å². The van der Waals surface area contributed by atoms with Crippen LogP contribution in [0.25, 0.3) is 0 Å². The quantitative estimate of drug-likeness (QED) is 0.390. The molecule has 0 aromatic carbocycles. The maximum absolute atomic E-state index is 9.32. The maximum atomic E-state index is 9.32. The molecule has 4 heteroatoms. The minimum absolute atomic E-state index is 0.134. The van der Waals surface area contributed by atoms with Crippen molar-refractivity contribution in [2.24, 2.45) is 0 Å². The van der Waals surface area contributed by atoms with Gasteiger partial charge >= 0.3 is 0 Å². The molecular weight excluding hydrogens is 165 g/mol. The molecule has 0 amide bonds. The van der Waals surface area contributed by atoms with Crippen LogP contribution in [0.2, 0.25) is 0 Å². The van der Waals surface area contributed by atoms with Crippen molar-refractivity contribution in [3.63, 3.8) is 0 Å². The summed E-state index contributed by atoms with van der Waals surface area (Å²) in [6.45, 7) is 5.94. The van der Waals surface area contributed by atoms with E-state index in [9.17, 15) is 5.11 Å². The highest BCUT2D eigenvalue weighted by atomic mass is 16.3. The highest BCUT2D eigenvalue weighted by Crippen LogP contribution is 2.00.